The third kappa shape index (κ3) is 5.33. The average Bonchev–Trinajstić information content (AvgIpc) is 3.04. The second-order valence-electron chi connectivity index (χ2n) is 7.18. The molecular formula is C18H28ClF3N4. The molecule has 0 saturated carbocycles. The fraction of sp³-hybridized carbons (Fsp3) is 0.667. The van der Waals surface area contributed by atoms with Gasteiger partial charge in [-0.2, -0.15) is 13.2 Å². The highest BCUT2D eigenvalue weighted by Gasteiger charge is 2.33. The maximum Gasteiger partial charge on any atom is 0.416 e. The van der Waals surface area contributed by atoms with Crippen LogP contribution in [0.1, 0.15) is 30.0 Å². The number of likely N-dealkylation sites (tertiary alicyclic amines) is 1. The van der Waals surface area contributed by atoms with Gasteiger partial charge in [-0.15, -0.1) is 12.4 Å². The molecule has 0 aromatic heterocycles. The van der Waals surface area contributed by atoms with Gasteiger partial charge in [0.15, 0.2) is 0 Å². The first-order valence-corrected chi connectivity index (χ1v) is 9.00. The van der Waals surface area contributed by atoms with Crippen LogP contribution in [0.3, 0.4) is 0 Å². The number of rotatable bonds is 5. The van der Waals surface area contributed by atoms with Crippen molar-refractivity contribution in [2.24, 2.45) is 11.8 Å². The zero-order valence-electron chi connectivity index (χ0n) is 15.0. The van der Waals surface area contributed by atoms with E-state index in [1.165, 1.54) is 25.0 Å². The van der Waals surface area contributed by atoms with Crippen molar-refractivity contribution in [3.05, 3.63) is 35.4 Å². The number of nitrogens with one attached hydrogen (secondary N) is 3. The molecule has 3 rings (SSSR count). The Bertz CT molecular complexity index is 544. The smallest absolute Gasteiger partial charge is 0.319 e. The summed E-state index contributed by atoms with van der Waals surface area (Å²) in [5.41, 5.74) is 6.73. The van der Waals surface area contributed by atoms with Gasteiger partial charge in [-0.3, -0.25) is 5.43 Å². The quantitative estimate of drug-likeness (QED) is 0.720. The van der Waals surface area contributed by atoms with E-state index in [0.717, 1.165) is 44.2 Å². The molecule has 26 heavy (non-hydrogen) atoms. The van der Waals surface area contributed by atoms with Crippen LogP contribution in [-0.2, 0) is 6.18 Å². The molecule has 1 aromatic rings. The lowest BCUT2D eigenvalue weighted by Crippen LogP contribution is -2.40. The van der Waals surface area contributed by atoms with Crippen LogP contribution in [0.4, 0.5) is 13.2 Å². The number of hydrogen-bond acceptors (Lipinski definition) is 4. The summed E-state index contributed by atoms with van der Waals surface area (Å²) in [5, 5.41) is 3.25. The molecule has 2 atom stereocenters. The second kappa shape index (κ2) is 9.37. The molecule has 0 amide bonds. The lowest BCUT2D eigenvalue weighted by atomic mass is 9.91. The first kappa shape index (κ1) is 21.4. The molecule has 2 unspecified atom stereocenters. The Balaban J connectivity index is 0.00000243. The molecule has 0 spiro atoms. The van der Waals surface area contributed by atoms with Crippen LogP contribution in [-0.4, -0.2) is 44.7 Å². The predicted octanol–water partition coefficient (Wildman–Crippen LogP) is 2.82. The van der Waals surface area contributed by atoms with Crippen LogP contribution in [0, 0.1) is 11.8 Å². The molecular weight excluding hydrogens is 365 g/mol. The summed E-state index contributed by atoms with van der Waals surface area (Å²) in [6, 6.07) is 5.60. The summed E-state index contributed by atoms with van der Waals surface area (Å²) in [6.45, 7) is 5.08. The third-order valence-corrected chi connectivity index (χ3v) is 5.38. The number of hydrazine groups is 1. The van der Waals surface area contributed by atoms with E-state index in [4.69, 9.17) is 0 Å². The highest BCUT2D eigenvalue weighted by molar-refractivity contribution is 5.85. The lowest BCUT2D eigenvalue weighted by Gasteiger charge is -2.34. The van der Waals surface area contributed by atoms with Gasteiger partial charge in [-0.05, 0) is 63.1 Å². The molecule has 148 valence electrons. The van der Waals surface area contributed by atoms with Crippen molar-refractivity contribution in [2.75, 3.05) is 39.8 Å². The summed E-state index contributed by atoms with van der Waals surface area (Å²) in [7, 11) is 2.00. The van der Waals surface area contributed by atoms with Crippen molar-refractivity contribution in [1.29, 1.82) is 0 Å². The molecule has 8 heteroatoms. The maximum atomic E-state index is 12.7. The molecule has 2 fully saturated rings. The van der Waals surface area contributed by atoms with Crippen molar-refractivity contribution < 1.29 is 13.2 Å². The monoisotopic (exact) mass is 392 g/mol. The summed E-state index contributed by atoms with van der Waals surface area (Å²) in [6.07, 6.45) is -1.87. The maximum absolute atomic E-state index is 12.7. The van der Waals surface area contributed by atoms with Crippen molar-refractivity contribution in [2.45, 2.75) is 25.1 Å². The number of nitrogens with zero attached hydrogens (tertiary/aromatic N) is 1. The van der Waals surface area contributed by atoms with Gasteiger partial charge < -0.3 is 10.2 Å². The lowest BCUT2D eigenvalue weighted by molar-refractivity contribution is -0.137. The van der Waals surface area contributed by atoms with Gasteiger partial charge in [0.25, 0.3) is 0 Å². The van der Waals surface area contributed by atoms with Gasteiger partial charge in [0, 0.05) is 19.0 Å². The normalized spacial score (nSPS) is 25.2. The standard InChI is InChI=1S/C18H27F3N4.ClH/c1-22-10-13-6-8-25(9-7-13)12-15-11-23-24-17(15)14-2-4-16(5-3-14)18(19,20)21;/h2-5,13,15,17,22-24H,6-12H2,1H3;1H. The number of benzene rings is 1. The van der Waals surface area contributed by atoms with E-state index in [9.17, 15) is 13.2 Å². The molecule has 1 aromatic carbocycles. The molecule has 4 nitrogen and oxygen atoms in total. The molecule has 0 radical (unpaired) electrons. The van der Waals surface area contributed by atoms with Crippen LogP contribution < -0.4 is 16.2 Å². The summed E-state index contributed by atoms with van der Waals surface area (Å²) >= 11 is 0. The minimum Gasteiger partial charge on any atom is -0.319 e. The minimum absolute atomic E-state index is 0. The van der Waals surface area contributed by atoms with Crippen molar-refractivity contribution in [3.8, 4) is 0 Å². The van der Waals surface area contributed by atoms with Crippen LogP contribution in [0.2, 0.25) is 0 Å². The van der Waals surface area contributed by atoms with Gasteiger partial charge in [0.05, 0.1) is 11.6 Å². The SMILES string of the molecule is CNCC1CCN(CC2CNNC2c2ccc(C(F)(F)F)cc2)CC1.Cl. The highest BCUT2D eigenvalue weighted by atomic mass is 35.5. The molecule has 0 bridgehead atoms. The first-order valence-electron chi connectivity index (χ1n) is 9.00. The molecule has 0 aliphatic carbocycles. The van der Waals surface area contributed by atoms with Gasteiger partial charge >= 0.3 is 6.18 Å². The minimum atomic E-state index is -4.28. The fourth-order valence-corrected chi connectivity index (χ4v) is 3.93. The summed E-state index contributed by atoms with van der Waals surface area (Å²) < 4.78 is 38.2. The molecule has 2 aliphatic rings. The number of halogens is 4. The number of hydrogen-bond donors (Lipinski definition) is 3. The molecule has 2 aliphatic heterocycles. The van der Waals surface area contributed by atoms with Crippen LogP contribution >= 0.6 is 12.4 Å². The Labute approximate surface area is 159 Å². The van der Waals surface area contributed by atoms with Crippen molar-refractivity contribution in [1.82, 2.24) is 21.1 Å². The molecule has 2 heterocycles. The predicted molar refractivity (Wildman–Crippen MR) is 99.2 cm³/mol. The summed E-state index contributed by atoms with van der Waals surface area (Å²) in [4.78, 5) is 2.49. The van der Waals surface area contributed by atoms with E-state index in [2.05, 4.69) is 21.1 Å². The number of piperidine rings is 1. The highest BCUT2D eigenvalue weighted by Crippen LogP contribution is 2.32. The van der Waals surface area contributed by atoms with E-state index in [-0.39, 0.29) is 18.4 Å². The Morgan fingerprint density at radius 3 is 2.38 bits per heavy atom. The Kier molecular flexibility index (Phi) is 7.73. The Morgan fingerprint density at radius 2 is 1.81 bits per heavy atom. The van der Waals surface area contributed by atoms with Crippen LogP contribution in [0.25, 0.3) is 0 Å². The summed E-state index contributed by atoms with van der Waals surface area (Å²) in [5.74, 6) is 1.12. The third-order valence-electron chi connectivity index (χ3n) is 5.38. The van der Waals surface area contributed by atoms with Gasteiger partial charge in [0.1, 0.15) is 0 Å². The van der Waals surface area contributed by atoms with Gasteiger partial charge in [0.2, 0.25) is 0 Å². The van der Waals surface area contributed by atoms with E-state index in [0.29, 0.717) is 5.92 Å². The van der Waals surface area contributed by atoms with E-state index < -0.39 is 11.7 Å². The van der Waals surface area contributed by atoms with Gasteiger partial charge in [-0.1, -0.05) is 12.1 Å². The van der Waals surface area contributed by atoms with E-state index in [1.54, 1.807) is 12.1 Å². The van der Waals surface area contributed by atoms with Crippen molar-refractivity contribution in [3.63, 3.8) is 0 Å². The van der Waals surface area contributed by atoms with Crippen molar-refractivity contribution >= 4 is 12.4 Å². The average molecular weight is 393 g/mol. The Morgan fingerprint density at radius 1 is 1.15 bits per heavy atom. The van der Waals surface area contributed by atoms with Crippen LogP contribution in [0.15, 0.2) is 24.3 Å². The second-order valence-corrected chi connectivity index (χ2v) is 7.18. The number of alkyl halides is 3. The molecule has 3 N–H and O–H groups in total. The molecule has 2 saturated heterocycles. The Hall–Kier alpha value is -0.860. The zero-order valence-corrected chi connectivity index (χ0v) is 15.8. The zero-order chi connectivity index (χ0) is 17.9. The largest absolute Gasteiger partial charge is 0.416 e. The topological polar surface area (TPSA) is 39.3 Å². The fourth-order valence-electron chi connectivity index (χ4n) is 3.93. The van der Waals surface area contributed by atoms with Crippen LogP contribution in [0.5, 0.6) is 0 Å². The van der Waals surface area contributed by atoms with E-state index >= 15 is 0 Å². The first-order chi connectivity index (χ1) is 12.0. The van der Waals surface area contributed by atoms with Gasteiger partial charge in [-0.25, -0.2) is 5.43 Å². The van der Waals surface area contributed by atoms with E-state index in [1.807, 2.05) is 7.05 Å².